The van der Waals surface area contributed by atoms with Crippen molar-refractivity contribution in [1.29, 1.82) is 0 Å². The van der Waals surface area contributed by atoms with Gasteiger partial charge in [0, 0.05) is 6.54 Å². The summed E-state index contributed by atoms with van der Waals surface area (Å²) >= 11 is 0. The highest BCUT2D eigenvalue weighted by Crippen LogP contribution is 2.21. The summed E-state index contributed by atoms with van der Waals surface area (Å²) in [5.41, 5.74) is -0.564. The summed E-state index contributed by atoms with van der Waals surface area (Å²) in [5, 5.41) is 3.10. The van der Waals surface area contributed by atoms with E-state index in [-0.39, 0.29) is 5.97 Å². The number of rotatable bonds is 6. The lowest BCUT2D eigenvalue weighted by molar-refractivity contribution is -0.148. The van der Waals surface area contributed by atoms with Crippen LogP contribution in [-0.2, 0) is 9.53 Å². The molecule has 1 rings (SSSR count). The highest BCUT2D eigenvalue weighted by Gasteiger charge is 2.32. The number of nitrogens with zero attached hydrogens (tertiary/aromatic N) is 1. The third-order valence-electron chi connectivity index (χ3n) is 4.63. The van der Waals surface area contributed by atoms with E-state index in [1.165, 1.54) is 39.3 Å². The highest BCUT2D eigenvalue weighted by atomic mass is 16.5. The Morgan fingerprint density at radius 2 is 2.16 bits per heavy atom. The molecule has 0 spiro atoms. The number of hydrogen-bond acceptors (Lipinski definition) is 4. The van der Waals surface area contributed by atoms with Crippen LogP contribution in [0.15, 0.2) is 0 Å². The number of likely N-dealkylation sites (N-methyl/N-ethyl adjacent to an activating group) is 1. The molecule has 1 saturated heterocycles. The Morgan fingerprint density at radius 1 is 1.42 bits per heavy atom. The number of esters is 1. The van der Waals surface area contributed by atoms with Gasteiger partial charge in [0.25, 0.3) is 0 Å². The van der Waals surface area contributed by atoms with Crippen LogP contribution >= 0.6 is 0 Å². The summed E-state index contributed by atoms with van der Waals surface area (Å²) in [6.07, 6.45) is 6.03. The third kappa shape index (κ3) is 4.77. The standard InChI is InChI=1S/C15H30N2O2/c1-5-13-7-6-10-17(11-8-13)12-9-15(2,16-3)14(18)19-4/h13,16H,5-12H2,1-4H3. The van der Waals surface area contributed by atoms with Crippen molar-refractivity contribution in [2.24, 2.45) is 5.92 Å². The highest BCUT2D eigenvalue weighted by molar-refractivity contribution is 5.80. The summed E-state index contributed by atoms with van der Waals surface area (Å²) in [7, 11) is 3.28. The summed E-state index contributed by atoms with van der Waals surface area (Å²) in [6.45, 7) is 7.50. The van der Waals surface area contributed by atoms with Crippen LogP contribution in [0.25, 0.3) is 0 Å². The number of methoxy groups -OCH3 is 1. The number of likely N-dealkylation sites (tertiary alicyclic amines) is 1. The van der Waals surface area contributed by atoms with E-state index >= 15 is 0 Å². The molecule has 0 aromatic carbocycles. The molecule has 1 aliphatic heterocycles. The molecule has 0 aromatic heterocycles. The molecular formula is C15H30N2O2. The van der Waals surface area contributed by atoms with Gasteiger partial charge in [0.05, 0.1) is 7.11 Å². The average molecular weight is 270 g/mol. The topological polar surface area (TPSA) is 41.6 Å². The maximum absolute atomic E-state index is 11.8. The van der Waals surface area contributed by atoms with Gasteiger partial charge in [0.2, 0.25) is 0 Å². The number of ether oxygens (including phenoxy) is 1. The predicted octanol–water partition coefficient (Wildman–Crippen LogP) is 2.04. The molecule has 4 nitrogen and oxygen atoms in total. The monoisotopic (exact) mass is 270 g/mol. The zero-order chi connectivity index (χ0) is 14.3. The molecule has 1 aliphatic rings. The first kappa shape index (κ1) is 16.4. The van der Waals surface area contributed by atoms with Gasteiger partial charge in [-0.25, -0.2) is 0 Å². The van der Waals surface area contributed by atoms with Crippen LogP contribution in [0.3, 0.4) is 0 Å². The molecule has 2 unspecified atom stereocenters. The minimum Gasteiger partial charge on any atom is -0.468 e. The Morgan fingerprint density at radius 3 is 2.74 bits per heavy atom. The van der Waals surface area contributed by atoms with E-state index in [0.717, 1.165) is 25.4 Å². The van der Waals surface area contributed by atoms with Gasteiger partial charge in [-0.1, -0.05) is 13.3 Å². The summed E-state index contributed by atoms with van der Waals surface area (Å²) in [4.78, 5) is 14.3. The molecular weight excluding hydrogens is 240 g/mol. The average Bonchev–Trinajstić information content (AvgIpc) is 2.68. The lowest BCUT2D eigenvalue weighted by atomic mass is 9.97. The van der Waals surface area contributed by atoms with Crippen LogP contribution in [0.1, 0.15) is 46.0 Å². The van der Waals surface area contributed by atoms with E-state index < -0.39 is 5.54 Å². The fraction of sp³-hybridized carbons (Fsp3) is 0.933. The minimum atomic E-state index is -0.564. The molecule has 0 aliphatic carbocycles. The van der Waals surface area contributed by atoms with Gasteiger partial charge in [-0.15, -0.1) is 0 Å². The molecule has 0 radical (unpaired) electrons. The molecule has 0 amide bonds. The number of nitrogens with one attached hydrogen (secondary N) is 1. The van der Waals surface area contributed by atoms with Crippen molar-refractivity contribution in [3.8, 4) is 0 Å². The van der Waals surface area contributed by atoms with Crippen molar-refractivity contribution in [1.82, 2.24) is 10.2 Å². The lowest BCUT2D eigenvalue weighted by Crippen LogP contribution is -2.50. The van der Waals surface area contributed by atoms with Gasteiger partial charge in [-0.3, -0.25) is 4.79 Å². The summed E-state index contributed by atoms with van der Waals surface area (Å²) < 4.78 is 4.89. The molecule has 4 heteroatoms. The van der Waals surface area contributed by atoms with Crippen molar-refractivity contribution in [2.45, 2.75) is 51.5 Å². The maximum Gasteiger partial charge on any atom is 0.325 e. The van der Waals surface area contributed by atoms with Crippen molar-refractivity contribution in [3.05, 3.63) is 0 Å². The van der Waals surface area contributed by atoms with Gasteiger partial charge >= 0.3 is 5.97 Å². The quantitative estimate of drug-likeness (QED) is 0.750. The van der Waals surface area contributed by atoms with Crippen LogP contribution in [0.2, 0.25) is 0 Å². The number of carbonyl (C=O) groups is 1. The van der Waals surface area contributed by atoms with E-state index in [1.54, 1.807) is 0 Å². The molecule has 0 aromatic rings. The molecule has 0 bridgehead atoms. The molecule has 1 heterocycles. The number of hydrogen-bond donors (Lipinski definition) is 1. The van der Waals surface area contributed by atoms with Crippen molar-refractivity contribution in [2.75, 3.05) is 33.8 Å². The summed E-state index contributed by atoms with van der Waals surface area (Å²) in [6, 6.07) is 0. The fourth-order valence-corrected chi connectivity index (χ4v) is 2.79. The van der Waals surface area contributed by atoms with Gasteiger partial charge in [0.15, 0.2) is 0 Å². The second-order valence-corrected chi connectivity index (χ2v) is 5.87. The Hall–Kier alpha value is -0.610. The molecule has 112 valence electrons. The first-order valence-electron chi connectivity index (χ1n) is 7.55. The van der Waals surface area contributed by atoms with Gasteiger partial charge in [-0.2, -0.15) is 0 Å². The SMILES string of the molecule is CCC1CCCN(CCC(C)(NC)C(=O)OC)CC1. The zero-order valence-electron chi connectivity index (χ0n) is 13.0. The van der Waals surface area contributed by atoms with Crippen LogP contribution in [0.4, 0.5) is 0 Å². The molecule has 2 atom stereocenters. The molecule has 1 fully saturated rings. The first-order valence-corrected chi connectivity index (χ1v) is 7.55. The second kappa shape index (κ2) is 7.85. The molecule has 19 heavy (non-hydrogen) atoms. The summed E-state index contributed by atoms with van der Waals surface area (Å²) in [5.74, 6) is 0.720. The van der Waals surface area contributed by atoms with E-state index in [9.17, 15) is 4.79 Å². The zero-order valence-corrected chi connectivity index (χ0v) is 13.0. The van der Waals surface area contributed by atoms with E-state index in [2.05, 4.69) is 17.1 Å². The Kier molecular flexibility index (Phi) is 6.80. The van der Waals surface area contributed by atoms with Gasteiger partial charge in [-0.05, 0) is 58.7 Å². The van der Waals surface area contributed by atoms with Crippen molar-refractivity contribution in [3.63, 3.8) is 0 Å². The van der Waals surface area contributed by atoms with Crippen LogP contribution in [0.5, 0.6) is 0 Å². The number of carbonyl (C=O) groups excluding carboxylic acids is 1. The minimum absolute atomic E-state index is 0.170. The van der Waals surface area contributed by atoms with E-state index in [4.69, 9.17) is 4.74 Å². The predicted molar refractivity (Wildman–Crippen MR) is 78.2 cm³/mol. The lowest BCUT2D eigenvalue weighted by Gasteiger charge is -2.29. The van der Waals surface area contributed by atoms with Crippen molar-refractivity contribution < 1.29 is 9.53 Å². The molecule has 0 saturated carbocycles. The van der Waals surface area contributed by atoms with Crippen LogP contribution < -0.4 is 5.32 Å². The van der Waals surface area contributed by atoms with Crippen LogP contribution in [0, 0.1) is 5.92 Å². The van der Waals surface area contributed by atoms with E-state index in [0.29, 0.717) is 0 Å². The smallest absolute Gasteiger partial charge is 0.325 e. The van der Waals surface area contributed by atoms with Crippen molar-refractivity contribution >= 4 is 5.97 Å². The second-order valence-electron chi connectivity index (χ2n) is 5.87. The third-order valence-corrected chi connectivity index (χ3v) is 4.63. The van der Waals surface area contributed by atoms with Crippen LogP contribution in [-0.4, -0.2) is 50.2 Å². The largest absolute Gasteiger partial charge is 0.468 e. The maximum atomic E-state index is 11.8. The van der Waals surface area contributed by atoms with Gasteiger partial charge in [0.1, 0.15) is 5.54 Å². The fourth-order valence-electron chi connectivity index (χ4n) is 2.79. The Balaban J connectivity index is 2.44. The first-order chi connectivity index (χ1) is 9.05. The Bertz CT molecular complexity index is 283. The van der Waals surface area contributed by atoms with E-state index in [1.807, 2.05) is 14.0 Å². The Labute approximate surface area is 117 Å². The normalized spacial score (nSPS) is 24.5. The molecule has 1 N–H and O–H groups in total. The van der Waals surface area contributed by atoms with Gasteiger partial charge < -0.3 is 15.0 Å².